The van der Waals surface area contributed by atoms with Crippen molar-refractivity contribution in [3.8, 4) is 0 Å². The van der Waals surface area contributed by atoms with E-state index < -0.39 is 0 Å². The maximum Gasteiger partial charge on any atom is 0.236 e. The van der Waals surface area contributed by atoms with Crippen LogP contribution in [0, 0.1) is 5.41 Å². The molecule has 0 N–H and O–H groups in total. The van der Waals surface area contributed by atoms with Gasteiger partial charge in [0.15, 0.2) is 0 Å². The van der Waals surface area contributed by atoms with E-state index in [1.807, 2.05) is 24.3 Å². The molecule has 0 saturated carbocycles. The minimum atomic E-state index is -0.197. The maximum absolute atomic E-state index is 12.1. The highest BCUT2D eigenvalue weighted by Gasteiger charge is 2.17. The minimum absolute atomic E-state index is 0.104. The van der Waals surface area contributed by atoms with Gasteiger partial charge in [-0.1, -0.05) is 32.9 Å². The fraction of sp³-hybridized carbons (Fsp3) is 0.529. The van der Waals surface area contributed by atoms with Crippen molar-refractivity contribution in [1.82, 2.24) is 4.90 Å². The Morgan fingerprint density at radius 2 is 1.48 bits per heavy atom. The lowest BCUT2D eigenvalue weighted by molar-refractivity contribution is -0.133. The monoisotopic (exact) mass is 290 g/mol. The van der Waals surface area contributed by atoms with Gasteiger partial charge in [0, 0.05) is 26.8 Å². The van der Waals surface area contributed by atoms with E-state index in [1.165, 1.54) is 15.4 Å². The largest absolute Gasteiger partial charge is 0.348 e. The first kappa shape index (κ1) is 17.2. The minimum Gasteiger partial charge on any atom is -0.348 e. The van der Waals surface area contributed by atoms with Crippen LogP contribution in [0.1, 0.15) is 32.8 Å². The van der Waals surface area contributed by atoms with Gasteiger partial charge in [-0.05, 0) is 29.5 Å². The van der Waals surface area contributed by atoms with E-state index in [2.05, 4.69) is 20.8 Å². The van der Waals surface area contributed by atoms with Crippen molar-refractivity contribution in [2.75, 3.05) is 26.0 Å². The van der Waals surface area contributed by atoms with Crippen molar-refractivity contribution >= 4 is 17.5 Å². The van der Waals surface area contributed by atoms with E-state index >= 15 is 0 Å². The molecule has 0 aliphatic carbocycles. The van der Waals surface area contributed by atoms with Gasteiger partial charge in [0.25, 0.3) is 0 Å². The molecule has 0 saturated heterocycles. The number of carbonyl (C=O) groups excluding carboxylic acids is 2. The molecule has 0 heterocycles. The Balaban J connectivity index is 2.73. The summed E-state index contributed by atoms with van der Waals surface area (Å²) in [5.41, 5.74) is 2.29. The number of rotatable bonds is 4. The highest BCUT2D eigenvalue weighted by atomic mass is 16.2. The van der Waals surface area contributed by atoms with Crippen molar-refractivity contribution in [3.05, 3.63) is 29.8 Å². The van der Waals surface area contributed by atoms with Gasteiger partial charge in [-0.15, -0.1) is 0 Å². The van der Waals surface area contributed by atoms with Gasteiger partial charge in [-0.3, -0.25) is 9.59 Å². The molecular weight excluding hydrogens is 264 g/mol. The number of anilines is 1. The van der Waals surface area contributed by atoms with Crippen molar-refractivity contribution in [3.63, 3.8) is 0 Å². The van der Waals surface area contributed by atoms with Crippen LogP contribution in [0.3, 0.4) is 0 Å². The summed E-state index contributed by atoms with van der Waals surface area (Å²) in [6, 6.07) is 7.94. The van der Waals surface area contributed by atoms with E-state index in [0.717, 1.165) is 12.1 Å². The predicted octanol–water partition coefficient (Wildman–Crippen LogP) is 2.72. The standard InChI is InChI=1S/C17H26N2O2/c1-17(2,3)12-13-7-9-14(10-8-13)19(6)16(21)11-15(20)18(4)5/h7-10H,11-12H2,1-6H3. The highest BCUT2D eigenvalue weighted by molar-refractivity contribution is 6.04. The van der Waals surface area contributed by atoms with Crippen LogP contribution in [0.4, 0.5) is 5.69 Å². The smallest absolute Gasteiger partial charge is 0.236 e. The second-order valence-corrected chi connectivity index (χ2v) is 6.82. The molecule has 0 aromatic heterocycles. The maximum atomic E-state index is 12.1. The topological polar surface area (TPSA) is 40.6 Å². The van der Waals surface area contributed by atoms with Crippen LogP contribution in [0.5, 0.6) is 0 Å². The SMILES string of the molecule is CN(C)C(=O)CC(=O)N(C)c1ccc(CC(C)(C)C)cc1. The van der Waals surface area contributed by atoms with Gasteiger partial charge < -0.3 is 9.80 Å². The molecule has 1 aromatic carbocycles. The molecular formula is C17H26N2O2. The molecule has 0 spiro atoms. The van der Waals surface area contributed by atoms with Gasteiger partial charge in [-0.25, -0.2) is 0 Å². The van der Waals surface area contributed by atoms with E-state index in [1.54, 1.807) is 21.1 Å². The summed E-state index contributed by atoms with van der Waals surface area (Å²) in [5.74, 6) is -0.381. The summed E-state index contributed by atoms with van der Waals surface area (Å²) in [6.45, 7) is 6.59. The van der Waals surface area contributed by atoms with Gasteiger partial charge in [-0.2, -0.15) is 0 Å². The van der Waals surface area contributed by atoms with E-state index in [4.69, 9.17) is 0 Å². The second-order valence-electron chi connectivity index (χ2n) is 6.82. The first-order chi connectivity index (χ1) is 9.60. The Morgan fingerprint density at radius 1 is 0.952 bits per heavy atom. The number of benzene rings is 1. The molecule has 2 amide bonds. The Morgan fingerprint density at radius 3 is 1.90 bits per heavy atom. The van der Waals surface area contributed by atoms with Crippen LogP contribution in [0.25, 0.3) is 0 Å². The van der Waals surface area contributed by atoms with Gasteiger partial charge in [0.1, 0.15) is 6.42 Å². The Kier molecular flexibility index (Phi) is 5.53. The summed E-state index contributed by atoms with van der Waals surface area (Å²) < 4.78 is 0. The van der Waals surface area contributed by atoms with Crippen LogP contribution in [0.2, 0.25) is 0 Å². The zero-order valence-electron chi connectivity index (χ0n) is 13.9. The molecule has 1 aromatic rings. The Labute approximate surface area is 127 Å². The average molecular weight is 290 g/mol. The molecule has 4 nitrogen and oxygen atoms in total. The van der Waals surface area contributed by atoms with Crippen LogP contribution >= 0.6 is 0 Å². The summed E-state index contributed by atoms with van der Waals surface area (Å²) in [6.07, 6.45) is 0.886. The Hall–Kier alpha value is -1.84. The van der Waals surface area contributed by atoms with Crippen molar-refractivity contribution in [2.45, 2.75) is 33.6 Å². The normalized spacial score (nSPS) is 11.1. The second kappa shape index (κ2) is 6.74. The summed E-state index contributed by atoms with van der Waals surface area (Å²) in [4.78, 5) is 26.6. The molecule has 4 heteroatoms. The predicted molar refractivity (Wildman–Crippen MR) is 86.3 cm³/mol. The Bertz CT molecular complexity index is 499. The first-order valence-corrected chi connectivity index (χ1v) is 7.16. The van der Waals surface area contributed by atoms with E-state index in [-0.39, 0.29) is 23.7 Å². The fourth-order valence-electron chi connectivity index (χ4n) is 2.00. The quantitative estimate of drug-likeness (QED) is 0.800. The molecule has 0 aliphatic rings. The van der Waals surface area contributed by atoms with Crippen molar-refractivity contribution in [2.24, 2.45) is 5.41 Å². The number of amides is 2. The zero-order valence-corrected chi connectivity index (χ0v) is 13.9. The molecule has 0 radical (unpaired) electrons. The molecule has 116 valence electrons. The lowest BCUT2D eigenvalue weighted by atomic mass is 9.88. The number of hydrogen-bond acceptors (Lipinski definition) is 2. The third-order valence-corrected chi connectivity index (χ3v) is 3.23. The van der Waals surface area contributed by atoms with Crippen molar-refractivity contribution in [1.29, 1.82) is 0 Å². The molecule has 0 unspecified atom stereocenters. The molecule has 0 aliphatic heterocycles. The summed E-state index contributed by atoms with van der Waals surface area (Å²) in [5, 5.41) is 0. The van der Waals surface area contributed by atoms with Gasteiger partial charge >= 0.3 is 0 Å². The van der Waals surface area contributed by atoms with Crippen LogP contribution in [0.15, 0.2) is 24.3 Å². The lowest BCUT2D eigenvalue weighted by Crippen LogP contribution is -2.32. The molecule has 21 heavy (non-hydrogen) atoms. The molecule has 0 fully saturated rings. The molecule has 0 atom stereocenters. The highest BCUT2D eigenvalue weighted by Crippen LogP contribution is 2.22. The van der Waals surface area contributed by atoms with Gasteiger partial charge in [0.2, 0.25) is 11.8 Å². The average Bonchev–Trinajstić information content (AvgIpc) is 2.36. The van der Waals surface area contributed by atoms with Crippen LogP contribution in [-0.2, 0) is 16.0 Å². The van der Waals surface area contributed by atoms with E-state index in [9.17, 15) is 9.59 Å². The summed E-state index contributed by atoms with van der Waals surface area (Å²) >= 11 is 0. The van der Waals surface area contributed by atoms with Crippen LogP contribution < -0.4 is 4.90 Å². The summed E-state index contributed by atoms with van der Waals surface area (Å²) in [7, 11) is 5.00. The van der Waals surface area contributed by atoms with Crippen LogP contribution in [-0.4, -0.2) is 37.9 Å². The number of carbonyl (C=O) groups is 2. The van der Waals surface area contributed by atoms with Crippen molar-refractivity contribution < 1.29 is 9.59 Å². The molecule has 1 rings (SSSR count). The third kappa shape index (κ3) is 5.58. The van der Waals surface area contributed by atoms with E-state index in [0.29, 0.717) is 0 Å². The number of nitrogens with zero attached hydrogens (tertiary/aromatic N) is 2. The number of hydrogen-bond donors (Lipinski definition) is 0. The third-order valence-electron chi connectivity index (χ3n) is 3.23. The zero-order chi connectivity index (χ0) is 16.2. The van der Waals surface area contributed by atoms with Gasteiger partial charge in [0.05, 0.1) is 0 Å². The fourth-order valence-corrected chi connectivity index (χ4v) is 2.00. The molecule has 0 bridgehead atoms. The first-order valence-electron chi connectivity index (χ1n) is 7.16. The lowest BCUT2D eigenvalue weighted by Gasteiger charge is -2.21.